The Morgan fingerprint density at radius 2 is 2.06 bits per heavy atom. The normalized spacial score (nSPS) is 10.6. The van der Waals surface area contributed by atoms with Crippen LogP contribution in [0.15, 0.2) is 41.0 Å². The molecule has 0 atom stereocenters. The van der Waals surface area contributed by atoms with Gasteiger partial charge >= 0.3 is 0 Å². The predicted octanol–water partition coefficient (Wildman–Crippen LogP) is 4.51. The van der Waals surface area contributed by atoms with Gasteiger partial charge in [0, 0.05) is 16.3 Å². The quantitative estimate of drug-likeness (QED) is 0.799. The van der Waals surface area contributed by atoms with Crippen molar-refractivity contribution in [2.75, 3.05) is 0 Å². The lowest BCUT2D eigenvalue weighted by molar-refractivity contribution is 0.530. The van der Waals surface area contributed by atoms with E-state index in [2.05, 4.69) is 0 Å². The Kier molecular flexibility index (Phi) is 3.91. The monoisotopic (exact) mass is 256 g/mol. The van der Waals surface area contributed by atoms with E-state index in [1.54, 1.807) is 30.2 Å². The lowest BCUT2D eigenvalue weighted by Crippen LogP contribution is -1.89. The Morgan fingerprint density at radius 1 is 1.19 bits per heavy atom. The van der Waals surface area contributed by atoms with Crippen molar-refractivity contribution < 1.29 is 8.81 Å². The van der Waals surface area contributed by atoms with Crippen molar-refractivity contribution in [1.29, 1.82) is 0 Å². The lowest BCUT2D eigenvalue weighted by atomic mass is 10.2. The second-order valence-corrected chi connectivity index (χ2v) is 4.67. The van der Waals surface area contributed by atoms with Crippen LogP contribution >= 0.6 is 23.4 Å². The van der Waals surface area contributed by atoms with Crippen molar-refractivity contribution in [3.05, 3.63) is 58.8 Å². The number of furan rings is 1. The Balaban J connectivity index is 1.95. The molecule has 1 aromatic carbocycles. The van der Waals surface area contributed by atoms with Crippen LogP contribution in [-0.4, -0.2) is 0 Å². The third kappa shape index (κ3) is 2.80. The number of benzene rings is 1. The summed E-state index contributed by atoms with van der Waals surface area (Å²) in [6.45, 7) is 0. The number of hydrogen-bond acceptors (Lipinski definition) is 2. The zero-order valence-corrected chi connectivity index (χ0v) is 10.0. The molecule has 0 unspecified atom stereocenters. The standard InChI is InChI=1S/C12H10ClFOS/c13-11-4-1-5-12(14)10(11)8-16-7-9-3-2-6-15-9/h1-6H,7-8H2. The molecular weight excluding hydrogens is 247 g/mol. The summed E-state index contributed by atoms with van der Waals surface area (Å²) in [6, 6.07) is 8.47. The van der Waals surface area contributed by atoms with E-state index in [0.717, 1.165) is 11.5 Å². The molecule has 0 saturated heterocycles. The summed E-state index contributed by atoms with van der Waals surface area (Å²) < 4.78 is 18.6. The minimum atomic E-state index is -0.251. The molecular formula is C12H10ClFOS. The van der Waals surface area contributed by atoms with Gasteiger partial charge in [-0.25, -0.2) is 4.39 Å². The summed E-state index contributed by atoms with van der Waals surface area (Å²) in [5, 5.41) is 0.479. The van der Waals surface area contributed by atoms with Crippen molar-refractivity contribution >= 4 is 23.4 Å². The summed E-state index contributed by atoms with van der Waals surface area (Å²) >= 11 is 7.49. The highest BCUT2D eigenvalue weighted by Crippen LogP contribution is 2.25. The molecule has 0 amide bonds. The maximum Gasteiger partial charge on any atom is 0.128 e. The van der Waals surface area contributed by atoms with E-state index in [0.29, 0.717) is 16.3 Å². The molecule has 2 rings (SSSR count). The third-order valence-electron chi connectivity index (χ3n) is 2.13. The van der Waals surface area contributed by atoms with Crippen LogP contribution in [0, 0.1) is 5.82 Å². The first-order chi connectivity index (χ1) is 7.77. The van der Waals surface area contributed by atoms with Gasteiger partial charge in [-0.3, -0.25) is 0 Å². The molecule has 0 bridgehead atoms. The highest BCUT2D eigenvalue weighted by molar-refractivity contribution is 7.97. The van der Waals surface area contributed by atoms with Crippen molar-refractivity contribution in [3.63, 3.8) is 0 Å². The van der Waals surface area contributed by atoms with Crippen molar-refractivity contribution in [3.8, 4) is 0 Å². The summed E-state index contributed by atoms with van der Waals surface area (Å²) in [7, 11) is 0. The van der Waals surface area contributed by atoms with Crippen LogP contribution < -0.4 is 0 Å². The zero-order valence-electron chi connectivity index (χ0n) is 8.45. The van der Waals surface area contributed by atoms with E-state index >= 15 is 0 Å². The lowest BCUT2D eigenvalue weighted by Gasteiger charge is -2.04. The van der Waals surface area contributed by atoms with Gasteiger partial charge in [0.2, 0.25) is 0 Å². The summed E-state index contributed by atoms with van der Waals surface area (Å²) in [5.41, 5.74) is 0.556. The Morgan fingerprint density at radius 3 is 2.75 bits per heavy atom. The molecule has 0 aliphatic carbocycles. The SMILES string of the molecule is Fc1cccc(Cl)c1CSCc1ccco1. The fraction of sp³-hybridized carbons (Fsp3) is 0.167. The first-order valence-corrected chi connectivity index (χ1v) is 6.33. The molecule has 0 aliphatic heterocycles. The minimum Gasteiger partial charge on any atom is -0.468 e. The number of thioether (sulfide) groups is 1. The Bertz CT molecular complexity index is 436. The number of hydrogen-bond donors (Lipinski definition) is 0. The van der Waals surface area contributed by atoms with Gasteiger partial charge in [0.25, 0.3) is 0 Å². The molecule has 0 spiro atoms. The van der Waals surface area contributed by atoms with E-state index in [1.165, 1.54) is 6.07 Å². The molecule has 1 nitrogen and oxygen atoms in total. The smallest absolute Gasteiger partial charge is 0.128 e. The average molecular weight is 257 g/mol. The topological polar surface area (TPSA) is 13.1 Å². The molecule has 16 heavy (non-hydrogen) atoms. The van der Waals surface area contributed by atoms with Crippen LogP contribution in [0.2, 0.25) is 5.02 Å². The van der Waals surface area contributed by atoms with E-state index in [9.17, 15) is 4.39 Å². The number of rotatable bonds is 4. The highest BCUT2D eigenvalue weighted by atomic mass is 35.5. The zero-order chi connectivity index (χ0) is 11.4. The molecule has 1 aromatic heterocycles. The third-order valence-corrected chi connectivity index (χ3v) is 3.47. The first-order valence-electron chi connectivity index (χ1n) is 4.80. The molecule has 1 heterocycles. The molecule has 0 radical (unpaired) electrons. The van der Waals surface area contributed by atoms with Gasteiger partial charge in [-0.05, 0) is 24.3 Å². The van der Waals surface area contributed by atoms with Crippen LogP contribution in [0.3, 0.4) is 0 Å². The van der Waals surface area contributed by atoms with Crippen molar-refractivity contribution in [1.82, 2.24) is 0 Å². The number of halogens is 2. The van der Waals surface area contributed by atoms with E-state index in [1.807, 2.05) is 12.1 Å². The van der Waals surface area contributed by atoms with Gasteiger partial charge in [-0.15, -0.1) is 11.8 Å². The molecule has 0 aliphatic rings. The van der Waals surface area contributed by atoms with Gasteiger partial charge < -0.3 is 4.42 Å². The molecule has 0 saturated carbocycles. The van der Waals surface area contributed by atoms with Crippen molar-refractivity contribution in [2.45, 2.75) is 11.5 Å². The van der Waals surface area contributed by atoms with Crippen LogP contribution in [0.5, 0.6) is 0 Å². The second-order valence-electron chi connectivity index (χ2n) is 3.27. The highest BCUT2D eigenvalue weighted by Gasteiger charge is 2.07. The Hall–Kier alpha value is -0.930. The molecule has 0 fully saturated rings. The average Bonchev–Trinajstić information content (AvgIpc) is 2.75. The van der Waals surface area contributed by atoms with Crippen LogP contribution in [0.1, 0.15) is 11.3 Å². The van der Waals surface area contributed by atoms with Crippen LogP contribution in [-0.2, 0) is 11.5 Å². The van der Waals surface area contributed by atoms with E-state index in [4.69, 9.17) is 16.0 Å². The van der Waals surface area contributed by atoms with Crippen LogP contribution in [0.4, 0.5) is 4.39 Å². The van der Waals surface area contributed by atoms with Crippen LogP contribution in [0.25, 0.3) is 0 Å². The summed E-state index contributed by atoms with van der Waals surface area (Å²) in [5.74, 6) is 1.90. The van der Waals surface area contributed by atoms with E-state index < -0.39 is 0 Å². The van der Waals surface area contributed by atoms with Gasteiger partial charge in [0.05, 0.1) is 12.0 Å². The molecule has 0 N–H and O–H groups in total. The molecule has 2 aromatic rings. The first kappa shape index (κ1) is 11.6. The van der Waals surface area contributed by atoms with Gasteiger partial charge in [0.15, 0.2) is 0 Å². The molecule has 84 valence electrons. The maximum absolute atomic E-state index is 13.4. The second kappa shape index (κ2) is 5.41. The van der Waals surface area contributed by atoms with Crippen molar-refractivity contribution in [2.24, 2.45) is 0 Å². The maximum atomic E-state index is 13.4. The largest absolute Gasteiger partial charge is 0.468 e. The Labute approximate surface area is 103 Å². The fourth-order valence-electron chi connectivity index (χ4n) is 1.32. The van der Waals surface area contributed by atoms with Gasteiger partial charge in [-0.1, -0.05) is 17.7 Å². The summed E-state index contributed by atoms with van der Waals surface area (Å²) in [4.78, 5) is 0. The minimum absolute atomic E-state index is 0.251. The van der Waals surface area contributed by atoms with E-state index in [-0.39, 0.29) is 5.82 Å². The van der Waals surface area contributed by atoms with Gasteiger partial charge in [0.1, 0.15) is 11.6 Å². The van der Waals surface area contributed by atoms with Gasteiger partial charge in [-0.2, -0.15) is 0 Å². The molecule has 4 heteroatoms. The predicted molar refractivity (Wildman–Crippen MR) is 65.1 cm³/mol. The fourth-order valence-corrected chi connectivity index (χ4v) is 2.59. The summed E-state index contributed by atoms with van der Waals surface area (Å²) in [6.07, 6.45) is 1.63.